The minimum atomic E-state index is -0.150. The Morgan fingerprint density at radius 1 is 1.23 bits per heavy atom. The fraction of sp³-hybridized carbons (Fsp3) is 0.467. The van der Waals surface area contributed by atoms with E-state index < -0.39 is 0 Å². The number of hydrogen-bond donors (Lipinski definition) is 0. The smallest absolute Gasteiger partial charge is 0.273 e. The molecular formula is C15H21N5OS. The summed E-state index contributed by atoms with van der Waals surface area (Å²) in [7, 11) is 5.32. The summed E-state index contributed by atoms with van der Waals surface area (Å²) >= 11 is 1.68. The lowest BCUT2D eigenvalue weighted by atomic mass is 10.2. The predicted octanol–water partition coefficient (Wildman–Crippen LogP) is 2.39. The molecule has 0 saturated carbocycles. The molecule has 0 fully saturated rings. The van der Waals surface area contributed by atoms with Gasteiger partial charge in [0.1, 0.15) is 0 Å². The highest BCUT2D eigenvalue weighted by atomic mass is 32.1. The second-order valence-electron chi connectivity index (χ2n) is 5.66. The minimum absolute atomic E-state index is 0.150. The Bertz CT molecular complexity index is 636. The molecule has 0 atom stereocenters. The van der Waals surface area contributed by atoms with Crippen LogP contribution in [0.25, 0.3) is 0 Å². The number of thiazole rings is 1. The van der Waals surface area contributed by atoms with Gasteiger partial charge < -0.3 is 9.80 Å². The van der Waals surface area contributed by atoms with Gasteiger partial charge >= 0.3 is 0 Å². The van der Waals surface area contributed by atoms with E-state index in [1.54, 1.807) is 37.6 Å². The van der Waals surface area contributed by atoms with E-state index in [1.807, 2.05) is 11.9 Å². The molecular weight excluding hydrogens is 298 g/mol. The van der Waals surface area contributed by atoms with Gasteiger partial charge in [-0.25, -0.2) is 4.98 Å². The summed E-state index contributed by atoms with van der Waals surface area (Å²) in [4.78, 5) is 19.8. The van der Waals surface area contributed by atoms with Gasteiger partial charge in [-0.05, 0) is 12.1 Å². The van der Waals surface area contributed by atoms with Crippen LogP contribution in [0.4, 0.5) is 5.82 Å². The Morgan fingerprint density at radius 3 is 2.45 bits per heavy atom. The summed E-state index contributed by atoms with van der Waals surface area (Å²) in [5, 5.41) is 11.3. The summed E-state index contributed by atoms with van der Waals surface area (Å²) in [5.74, 6) is 1.01. The van der Waals surface area contributed by atoms with Crippen molar-refractivity contribution in [3.63, 3.8) is 0 Å². The second-order valence-corrected chi connectivity index (χ2v) is 6.55. The van der Waals surface area contributed by atoms with Gasteiger partial charge in [-0.1, -0.05) is 13.8 Å². The maximum absolute atomic E-state index is 11.8. The van der Waals surface area contributed by atoms with E-state index in [0.29, 0.717) is 18.2 Å². The number of carbonyl (C=O) groups excluding carboxylic acids is 1. The molecule has 2 aromatic rings. The lowest BCUT2D eigenvalue weighted by molar-refractivity contribution is 0.0821. The van der Waals surface area contributed by atoms with Crippen LogP contribution in [0.2, 0.25) is 0 Å². The number of rotatable bonds is 5. The number of hydrogen-bond acceptors (Lipinski definition) is 6. The van der Waals surface area contributed by atoms with Crippen molar-refractivity contribution in [1.29, 1.82) is 0 Å². The van der Waals surface area contributed by atoms with Crippen LogP contribution in [0.5, 0.6) is 0 Å². The van der Waals surface area contributed by atoms with Crippen molar-refractivity contribution >= 4 is 23.1 Å². The van der Waals surface area contributed by atoms with Gasteiger partial charge in [0.2, 0.25) is 0 Å². The molecule has 0 unspecified atom stereocenters. The molecule has 7 heteroatoms. The number of carbonyl (C=O) groups is 1. The molecule has 0 spiro atoms. The Labute approximate surface area is 134 Å². The van der Waals surface area contributed by atoms with E-state index in [9.17, 15) is 4.79 Å². The molecule has 0 aromatic carbocycles. The van der Waals surface area contributed by atoms with E-state index in [1.165, 1.54) is 4.90 Å². The van der Waals surface area contributed by atoms with Gasteiger partial charge in [-0.2, -0.15) is 0 Å². The third-order valence-corrected chi connectivity index (χ3v) is 4.32. The van der Waals surface area contributed by atoms with Crippen LogP contribution in [-0.2, 0) is 6.54 Å². The zero-order valence-electron chi connectivity index (χ0n) is 13.6. The van der Waals surface area contributed by atoms with Crippen molar-refractivity contribution in [2.75, 3.05) is 26.0 Å². The molecule has 0 aliphatic carbocycles. The Balaban J connectivity index is 2.06. The first-order chi connectivity index (χ1) is 10.4. The number of anilines is 1. The molecule has 2 rings (SSSR count). The first-order valence-electron chi connectivity index (χ1n) is 7.09. The fourth-order valence-corrected chi connectivity index (χ4v) is 2.68. The van der Waals surface area contributed by atoms with Gasteiger partial charge in [-0.15, -0.1) is 21.5 Å². The SMILES string of the molecule is CC(C)c1nc(CN(C)c2ccc(C(=O)N(C)C)nn2)cs1. The number of nitrogens with zero attached hydrogens (tertiary/aromatic N) is 5. The molecule has 2 heterocycles. The molecule has 6 nitrogen and oxygen atoms in total. The summed E-state index contributed by atoms with van der Waals surface area (Å²) in [6.45, 7) is 4.94. The number of amides is 1. The van der Waals surface area contributed by atoms with Crippen LogP contribution in [0.15, 0.2) is 17.5 Å². The first kappa shape index (κ1) is 16.4. The van der Waals surface area contributed by atoms with E-state index in [0.717, 1.165) is 16.5 Å². The summed E-state index contributed by atoms with van der Waals surface area (Å²) in [6.07, 6.45) is 0. The van der Waals surface area contributed by atoms with Crippen molar-refractivity contribution in [1.82, 2.24) is 20.1 Å². The van der Waals surface area contributed by atoms with Gasteiger partial charge in [0.15, 0.2) is 11.5 Å². The van der Waals surface area contributed by atoms with Crippen molar-refractivity contribution < 1.29 is 4.79 Å². The Morgan fingerprint density at radius 2 is 1.95 bits per heavy atom. The van der Waals surface area contributed by atoms with E-state index >= 15 is 0 Å². The quantitative estimate of drug-likeness (QED) is 0.847. The molecule has 0 saturated heterocycles. The zero-order valence-corrected chi connectivity index (χ0v) is 14.4. The average Bonchev–Trinajstić information content (AvgIpc) is 2.95. The predicted molar refractivity (Wildman–Crippen MR) is 88.4 cm³/mol. The van der Waals surface area contributed by atoms with Crippen LogP contribution < -0.4 is 4.90 Å². The normalized spacial score (nSPS) is 10.8. The van der Waals surface area contributed by atoms with Gasteiger partial charge in [0.05, 0.1) is 17.2 Å². The monoisotopic (exact) mass is 319 g/mol. The maximum Gasteiger partial charge on any atom is 0.273 e. The molecule has 118 valence electrons. The van der Waals surface area contributed by atoms with E-state index in [-0.39, 0.29) is 5.91 Å². The highest BCUT2D eigenvalue weighted by Crippen LogP contribution is 2.20. The maximum atomic E-state index is 11.8. The molecule has 22 heavy (non-hydrogen) atoms. The Hall–Kier alpha value is -2.02. The van der Waals surface area contributed by atoms with Crippen LogP contribution in [0.1, 0.15) is 41.0 Å². The third kappa shape index (κ3) is 3.79. The molecule has 0 radical (unpaired) electrons. The molecule has 0 aliphatic rings. The molecule has 0 bridgehead atoms. The summed E-state index contributed by atoms with van der Waals surface area (Å²) < 4.78 is 0. The van der Waals surface area contributed by atoms with Gasteiger partial charge in [0.25, 0.3) is 5.91 Å². The average molecular weight is 319 g/mol. The summed E-state index contributed by atoms with van der Waals surface area (Å²) in [5.41, 5.74) is 1.37. The fourth-order valence-electron chi connectivity index (χ4n) is 1.86. The van der Waals surface area contributed by atoms with Crippen LogP contribution >= 0.6 is 11.3 Å². The molecule has 0 aliphatic heterocycles. The van der Waals surface area contributed by atoms with Crippen molar-refractivity contribution in [3.05, 3.63) is 33.9 Å². The van der Waals surface area contributed by atoms with Crippen LogP contribution in [-0.4, -0.2) is 47.1 Å². The topological polar surface area (TPSA) is 62.2 Å². The van der Waals surface area contributed by atoms with Crippen LogP contribution in [0, 0.1) is 0 Å². The largest absolute Gasteiger partial charge is 0.352 e. The molecule has 2 aromatic heterocycles. The third-order valence-electron chi connectivity index (χ3n) is 3.13. The van der Waals surface area contributed by atoms with Crippen molar-refractivity contribution in [2.45, 2.75) is 26.3 Å². The lowest BCUT2D eigenvalue weighted by Gasteiger charge is -2.16. The van der Waals surface area contributed by atoms with Crippen LogP contribution in [0.3, 0.4) is 0 Å². The van der Waals surface area contributed by atoms with Crippen molar-refractivity contribution in [3.8, 4) is 0 Å². The lowest BCUT2D eigenvalue weighted by Crippen LogP contribution is -2.24. The zero-order chi connectivity index (χ0) is 16.3. The van der Waals surface area contributed by atoms with E-state index in [4.69, 9.17) is 0 Å². The second kappa shape index (κ2) is 6.83. The minimum Gasteiger partial charge on any atom is -0.352 e. The number of aromatic nitrogens is 3. The standard InChI is InChI=1S/C15H21N5OS/c1-10(2)14-16-11(9-22-14)8-20(5)13-7-6-12(17-18-13)15(21)19(3)4/h6-7,9-10H,8H2,1-5H3. The highest BCUT2D eigenvalue weighted by molar-refractivity contribution is 7.09. The molecule has 1 amide bonds. The van der Waals surface area contributed by atoms with Gasteiger partial charge in [-0.3, -0.25) is 4.79 Å². The van der Waals surface area contributed by atoms with E-state index in [2.05, 4.69) is 34.4 Å². The van der Waals surface area contributed by atoms with Gasteiger partial charge in [0, 0.05) is 32.4 Å². The Kier molecular flexibility index (Phi) is 5.07. The van der Waals surface area contributed by atoms with Crippen molar-refractivity contribution in [2.24, 2.45) is 0 Å². The molecule has 0 N–H and O–H groups in total. The first-order valence-corrected chi connectivity index (χ1v) is 7.97. The summed E-state index contributed by atoms with van der Waals surface area (Å²) in [6, 6.07) is 3.50. The highest BCUT2D eigenvalue weighted by Gasteiger charge is 2.13.